The minimum Gasteiger partial charge on any atom is -0.478 e. The Morgan fingerprint density at radius 1 is 1.35 bits per heavy atom. The van der Waals surface area contributed by atoms with Crippen molar-refractivity contribution in [2.75, 3.05) is 13.1 Å². The predicted octanol–water partition coefficient (Wildman–Crippen LogP) is 3.08. The molecule has 1 aromatic heterocycles. The molecule has 2 aromatic rings. The fourth-order valence-corrected chi connectivity index (χ4v) is 3.99. The molecular weight excluding hydrogens is 358 g/mol. The Morgan fingerprint density at radius 3 is 2.69 bits per heavy atom. The molecule has 3 rings (SSSR count). The van der Waals surface area contributed by atoms with Crippen molar-refractivity contribution in [3.8, 4) is 0 Å². The van der Waals surface area contributed by atoms with Crippen LogP contribution in [0.5, 0.6) is 0 Å². The van der Waals surface area contributed by atoms with Crippen molar-refractivity contribution in [1.82, 2.24) is 9.88 Å². The van der Waals surface area contributed by atoms with Gasteiger partial charge in [0.2, 0.25) is 0 Å². The molecule has 1 aliphatic heterocycles. The number of hydrogen-bond donors (Lipinski definition) is 1. The molecule has 0 saturated carbocycles. The number of rotatable bonds is 4. The number of thiazole rings is 1. The van der Waals surface area contributed by atoms with Crippen LogP contribution in [0.4, 0.5) is 5.69 Å². The highest BCUT2D eigenvalue weighted by atomic mass is 32.1. The van der Waals surface area contributed by atoms with Crippen LogP contribution >= 0.6 is 11.3 Å². The summed E-state index contributed by atoms with van der Waals surface area (Å²) in [6.07, 6.45) is 1.72. The van der Waals surface area contributed by atoms with E-state index in [1.807, 2.05) is 12.3 Å². The number of carboxylic acid groups (broad SMARTS) is 1. The van der Waals surface area contributed by atoms with Gasteiger partial charge in [0.05, 0.1) is 15.5 Å². The molecule has 8 nitrogen and oxygen atoms in total. The van der Waals surface area contributed by atoms with Gasteiger partial charge in [-0.1, -0.05) is 0 Å². The van der Waals surface area contributed by atoms with Gasteiger partial charge in [0, 0.05) is 47.8 Å². The number of piperidine rings is 1. The molecule has 0 spiro atoms. The maximum absolute atomic E-state index is 12.8. The lowest BCUT2D eigenvalue weighted by molar-refractivity contribution is -0.384. The second-order valence-corrected chi connectivity index (χ2v) is 7.14. The Hall–Kier alpha value is -2.81. The molecule has 9 heteroatoms. The lowest BCUT2D eigenvalue weighted by Gasteiger charge is -2.32. The number of nitrogens with zero attached hydrogens (tertiary/aromatic N) is 3. The van der Waals surface area contributed by atoms with Crippen LogP contribution in [0.1, 0.15) is 50.2 Å². The summed E-state index contributed by atoms with van der Waals surface area (Å²) in [5.41, 5.74) is 0.287. The highest BCUT2D eigenvalue weighted by molar-refractivity contribution is 7.09. The number of aromatic nitrogens is 1. The van der Waals surface area contributed by atoms with E-state index in [-0.39, 0.29) is 17.0 Å². The van der Waals surface area contributed by atoms with E-state index in [1.165, 1.54) is 6.07 Å². The van der Waals surface area contributed by atoms with E-state index in [1.54, 1.807) is 16.2 Å². The number of carboxylic acids is 1. The summed E-state index contributed by atoms with van der Waals surface area (Å²) < 4.78 is 0. The van der Waals surface area contributed by atoms with Gasteiger partial charge in [-0.2, -0.15) is 0 Å². The smallest absolute Gasteiger partial charge is 0.335 e. The Morgan fingerprint density at radius 2 is 2.08 bits per heavy atom. The van der Waals surface area contributed by atoms with Crippen molar-refractivity contribution in [3.63, 3.8) is 0 Å². The van der Waals surface area contributed by atoms with Crippen molar-refractivity contribution in [2.45, 2.75) is 25.7 Å². The van der Waals surface area contributed by atoms with Gasteiger partial charge in [0.25, 0.3) is 11.6 Å². The highest BCUT2D eigenvalue weighted by Crippen LogP contribution is 2.30. The van der Waals surface area contributed by atoms with Gasteiger partial charge in [-0.25, -0.2) is 9.78 Å². The van der Waals surface area contributed by atoms with Crippen molar-refractivity contribution in [1.29, 1.82) is 0 Å². The molecule has 1 atom stereocenters. The van der Waals surface area contributed by atoms with Gasteiger partial charge in [0.1, 0.15) is 0 Å². The lowest BCUT2D eigenvalue weighted by Crippen LogP contribution is -2.39. The molecule has 1 aromatic carbocycles. The summed E-state index contributed by atoms with van der Waals surface area (Å²) in [4.78, 5) is 40.5. The molecule has 2 heterocycles. The maximum atomic E-state index is 12.8. The highest BCUT2D eigenvalue weighted by Gasteiger charge is 2.28. The Kier molecular flexibility index (Phi) is 4.99. The topological polar surface area (TPSA) is 114 Å². The van der Waals surface area contributed by atoms with E-state index in [9.17, 15) is 19.7 Å². The molecule has 0 radical (unpaired) electrons. The molecule has 136 valence electrons. The number of hydrogen-bond acceptors (Lipinski definition) is 6. The Labute approximate surface area is 153 Å². The van der Waals surface area contributed by atoms with Crippen LogP contribution in [-0.4, -0.2) is 44.9 Å². The first-order valence-electron chi connectivity index (χ1n) is 8.09. The quantitative estimate of drug-likeness (QED) is 0.649. The Bertz CT molecular complexity index is 847. The third kappa shape index (κ3) is 3.72. The fourth-order valence-electron chi connectivity index (χ4n) is 3.07. The average molecular weight is 375 g/mol. The van der Waals surface area contributed by atoms with Gasteiger partial charge < -0.3 is 10.0 Å². The SMILES string of the molecule is Cc1csc(C2CCCN(C(=O)c3cc(C(=O)O)cc([N+](=O)[O-])c3)C2)n1. The first-order chi connectivity index (χ1) is 12.3. The molecule has 26 heavy (non-hydrogen) atoms. The van der Waals surface area contributed by atoms with Crippen LogP contribution in [0.3, 0.4) is 0 Å². The van der Waals surface area contributed by atoms with Crippen molar-refractivity contribution < 1.29 is 19.6 Å². The van der Waals surface area contributed by atoms with Gasteiger partial charge in [-0.3, -0.25) is 14.9 Å². The summed E-state index contributed by atoms with van der Waals surface area (Å²) in [6.45, 7) is 2.92. The zero-order valence-corrected chi connectivity index (χ0v) is 14.9. The molecule has 0 bridgehead atoms. The number of aryl methyl sites for hydroxylation is 1. The number of benzene rings is 1. The molecule has 1 aliphatic rings. The second-order valence-electron chi connectivity index (χ2n) is 6.25. The first kappa shape index (κ1) is 18.0. The fraction of sp³-hybridized carbons (Fsp3) is 0.353. The minimum atomic E-state index is -1.31. The van der Waals surface area contributed by atoms with E-state index in [4.69, 9.17) is 5.11 Å². The van der Waals surface area contributed by atoms with Crippen LogP contribution in [0.15, 0.2) is 23.6 Å². The van der Waals surface area contributed by atoms with Crippen LogP contribution in [0.25, 0.3) is 0 Å². The number of likely N-dealkylation sites (tertiary alicyclic amines) is 1. The van der Waals surface area contributed by atoms with Gasteiger partial charge in [-0.05, 0) is 25.8 Å². The number of nitro benzene ring substituents is 1. The lowest BCUT2D eigenvalue weighted by atomic mass is 9.97. The van der Waals surface area contributed by atoms with Crippen LogP contribution in [0, 0.1) is 17.0 Å². The van der Waals surface area contributed by atoms with Crippen molar-refractivity contribution in [3.05, 3.63) is 55.5 Å². The Balaban J connectivity index is 1.86. The number of nitro groups is 1. The zero-order chi connectivity index (χ0) is 18.8. The summed E-state index contributed by atoms with van der Waals surface area (Å²) in [5.74, 6) is -1.57. The number of aromatic carboxylic acids is 1. The number of carbonyl (C=O) groups is 2. The van der Waals surface area contributed by atoms with E-state index < -0.39 is 22.5 Å². The van der Waals surface area contributed by atoms with E-state index in [0.717, 1.165) is 35.7 Å². The van der Waals surface area contributed by atoms with Crippen LogP contribution < -0.4 is 0 Å². The van der Waals surface area contributed by atoms with Crippen LogP contribution in [-0.2, 0) is 0 Å². The molecule has 1 fully saturated rings. The monoisotopic (exact) mass is 375 g/mol. The second kappa shape index (κ2) is 7.20. The minimum absolute atomic E-state index is 0.0209. The zero-order valence-electron chi connectivity index (χ0n) is 14.0. The number of carbonyl (C=O) groups excluding carboxylic acids is 1. The standard InChI is InChI=1S/C17H17N3O5S/c1-10-9-26-15(18-10)11-3-2-4-19(8-11)16(21)12-5-13(17(22)23)7-14(6-12)20(24)25/h5-7,9,11H,2-4,8H2,1H3,(H,22,23). The van der Waals surface area contributed by atoms with E-state index in [2.05, 4.69) is 4.98 Å². The van der Waals surface area contributed by atoms with Crippen LogP contribution in [0.2, 0.25) is 0 Å². The summed E-state index contributed by atoms with van der Waals surface area (Å²) in [7, 11) is 0. The molecular formula is C17H17N3O5S. The normalized spacial score (nSPS) is 17.1. The third-order valence-corrected chi connectivity index (χ3v) is 5.44. The maximum Gasteiger partial charge on any atom is 0.335 e. The molecule has 1 amide bonds. The number of amides is 1. The molecule has 0 aliphatic carbocycles. The largest absolute Gasteiger partial charge is 0.478 e. The van der Waals surface area contributed by atoms with E-state index in [0.29, 0.717) is 13.1 Å². The summed E-state index contributed by atoms with van der Waals surface area (Å²) >= 11 is 1.56. The van der Waals surface area contributed by atoms with Crippen molar-refractivity contribution in [2.24, 2.45) is 0 Å². The first-order valence-corrected chi connectivity index (χ1v) is 8.97. The van der Waals surface area contributed by atoms with Gasteiger partial charge >= 0.3 is 5.97 Å². The van der Waals surface area contributed by atoms with Crippen molar-refractivity contribution >= 4 is 28.9 Å². The van der Waals surface area contributed by atoms with Gasteiger partial charge in [-0.15, -0.1) is 11.3 Å². The van der Waals surface area contributed by atoms with Gasteiger partial charge in [0.15, 0.2) is 0 Å². The third-order valence-electron chi connectivity index (χ3n) is 4.32. The molecule has 1 N–H and O–H groups in total. The average Bonchev–Trinajstić information content (AvgIpc) is 3.07. The number of non-ortho nitro benzene ring substituents is 1. The molecule has 1 unspecified atom stereocenters. The van der Waals surface area contributed by atoms with E-state index >= 15 is 0 Å². The molecule has 1 saturated heterocycles. The predicted molar refractivity (Wildman–Crippen MR) is 94.8 cm³/mol. The summed E-state index contributed by atoms with van der Waals surface area (Å²) in [6, 6.07) is 3.28. The summed E-state index contributed by atoms with van der Waals surface area (Å²) in [5, 5.41) is 23.1.